The second-order valence-electron chi connectivity index (χ2n) is 5.28. The number of unbranched alkanes of at least 4 members (excludes halogenated alkanes) is 1. The van der Waals surface area contributed by atoms with E-state index >= 15 is 0 Å². The van der Waals surface area contributed by atoms with E-state index in [1.165, 1.54) is 0 Å². The lowest BCUT2D eigenvalue weighted by molar-refractivity contribution is -0.139. The minimum atomic E-state index is -1.03. The van der Waals surface area contributed by atoms with Gasteiger partial charge in [-0.3, -0.25) is 4.79 Å². The maximum Gasteiger partial charge on any atom is 0.341 e. The van der Waals surface area contributed by atoms with Crippen LogP contribution < -0.4 is 4.74 Å². The summed E-state index contributed by atoms with van der Waals surface area (Å²) < 4.78 is 5.27. The number of aliphatic carboxylic acids is 1. The molecular weight excluding hydrogens is 282 g/mol. The van der Waals surface area contributed by atoms with Crippen molar-refractivity contribution in [3.05, 3.63) is 41.5 Å². The molecule has 5 nitrogen and oxygen atoms in total. The molecule has 0 unspecified atom stereocenters. The van der Waals surface area contributed by atoms with Gasteiger partial charge in [-0.2, -0.15) is 0 Å². The maximum absolute atomic E-state index is 12.4. The summed E-state index contributed by atoms with van der Waals surface area (Å²) in [6.45, 7) is 7.55. The third kappa shape index (κ3) is 4.91. The van der Waals surface area contributed by atoms with Crippen molar-refractivity contribution in [1.82, 2.24) is 4.90 Å². The van der Waals surface area contributed by atoms with Crippen molar-refractivity contribution in [1.29, 1.82) is 0 Å². The molecule has 22 heavy (non-hydrogen) atoms. The molecular formula is C17H23NO4. The van der Waals surface area contributed by atoms with Gasteiger partial charge in [0.05, 0.1) is 0 Å². The van der Waals surface area contributed by atoms with E-state index in [9.17, 15) is 9.59 Å². The first-order valence-electron chi connectivity index (χ1n) is 7.19. The van der Waals surface area contributed by atoms with Crippen molar-refractivity contribution in [3.63, 3.8) is 0 Å². The number of nitrogens with zero attached hydrogens (tertiary/aromatic N) is 1. The number of ether oxygens (including phenoxy) is 1. The fraction of sp³-hybridized carbons (Fsp3) is 0.412. The monoisotopic (exact) mass is 305 g/mol. The molecule has 0 aromatic heterocycles. The van der Waals surface area contributed by atoms with Crippen molar-refractivity contribution in [2.24, 2.45) is 0 Å². The molecule has 0 atom stereocenters. The minimum Gasteiger partial charge on any atom is -0.481 e. The number of carbonyl (C=O) groups excluding carboxylic acids is 1. The molecule has 1 aromatic carbocycles. The van der Waals surface area contributed by atoms with Crippen molar-refractivity contribution >= 4 is 11.9 Å². The van der Waals surface area contributed by atoms with E-state index < -0.39 is 12.6 Å². The first-order valence-corrected chi connectivity index (χ1v) is 7.19. The molecule has 0 aliphatic carbocycles. The third-order valence-electron chi connectivity index (χ3n) is 3.30. The highest BCUT2D eigenvalue weighted by Gasteiger charge is 2.15. The van der Waals surface area contributed by atoms with E-state index in [1.807, 2.05) is 6.08 Å². The van der Waals surface area contributed by atoms with Gasteiger partial charge in [-0.05, 0) is 49.9 Å². The van der Waals surface area contributed by atoms with Gasteiger partial charge in [0.1, 0.15) is 5.75 Å². The summed E-state index contributed by atoms with van der Waals surface area (Å²) in [5.74, 6) is -0.561. The van der Waals surface area contributed by atoms with Gasteiger partial charge < -0.3 is 14.7 Å². The number of benzene rings is 1. The number of aryl methyl sites for hydroxylation is 2. The molecule has 0 fully saturated rings. The fourth-order valence-corrected chi connectivity index (χ4v) is 2.23. The Balaban J connectivity index is 2.86. The summed E-state index contributed by atoms with van der Waals surface area (Å²) in [4.78, 5) is 24.7. The fourth-order valence-electron chi connectivity index (χ4n) is 2.23. The smallest absolute Gasteiger partial charge is 0.341 e. The SMILES string of the molecule is C=CCCCN(C)C(=O)c1cc(C)c(OCC(=O)O)c(C)c1. The highest BCUT2D eigenvalue weighted by Crippen LogP contribution is 2.25. The molecule has 1 rings (SSSR count). The van der Waals surface area contributed by atoms with Crippen LogP contribution in [0.1, 0.15) is 34.3 Å². The molecule has 1 amide bonds. The zero-order chi connectivity index (χ0) is 16.7. The van der Waals surface area contributed by atoms with Gasteiger partial charge in [0, 0.05) is 19.2 Å². The van der Waals surface area contributed by atoms with Crippen LogP contribution in [0.25, 0.3) is 0 Å². The van der Waals surface area contributed by atoms with Crippen LogP contribution in [0.15, 0.2) is 24.8 Å². The molecule has 0 radical (unpaired) electrons. The second kappa shape index (κ2) is 8.22. The number of amides is 1. The van der Waals surface area contributed by atoms with Gasteiger partial charge in [-0.1, -0.05) is 6.08 Å². The molecule has 0 aliphatic rings. The van der Waals surface area contributed by atoms with Crippen LogP contribution >= 0.6 is 0 Å². The zero-order valence-electron chi connectivity index (χ0n) is 13.4. The summed E-state index contributed by atoms with van der Waals surface area (Å²) >= 11 is 0. The lowest BCUT2D eigenvalue weighted by Gasteiger charge is -2.18. The van der Waals surface area contributed by atoms with Gasteiger partial charge in [0.25, 0.3) is 5.91 Å². The molecule has 1 aromatic rings. The predicted molar refractivity (Wildman–Crippen MR) is 85.4 cm³/mol. The van der Waals surface area contributed by atoms with Crippen LogP contribution in [0.3, 0.4) is 0 Å². The lowest BCUT2D eigenvalue weighted by atomic mass is 10.0. The summed E-state index contributed by atoms with van der Waals surface area (Å²) in [7, 11) is 1.77. The van der Waals surface area contributed by atoms with E-state index in [1.54, 1.807) is 37.9 Å². The van der Waals surface area contributed by atoms with Crippen LogP contribution in [0.2, 0.25) is 0 Å². The quantitative estimate of drug-likeness (QED) is 0.592. The molecule has 0 saturated heterocycles. The van der Waals surface area contributed by atoms with Crippen LogP contribution in [0, 0.1) is 13.8 Å². The molecule has 120 valence electrons. The first-order chi connectivity index (χ1) is 10.4. The Bertz CT molecular complexity index is 543. The molecule has 5 heteroatoms. The van der Waals surface area contributed by atoms with Gasteiger partial charge in [-0.25, -0.2) is 4.79 Å². The highest BCUT2D eigenvalue weighted by molar-refractivity contribution is 5.94. The predicted octanol–water partition coefficient (Wildman–Crippen LogP) is 2.81. The molecule has 0 aliphatic heterocycles. The number of rotatable bonds is 8. The number of hydrogen-bond donors (Lipinski definition) is 1. The summed E-state index contributed by atoms with van der Waals surface area (Å²) in [6.07, 6.45) is 3.59. The number of carboxylic acids is 1. The highest BCUT2D eigenvalue weighted by atomic mass is 16.5. The first kappa shape index (κ1) is 17.8. The summed E-state index contributed by atoms with van der Waals surface area (Å²) in [5, 5.41) is 8.68. The van der Waals surface area contributed by atoms with Gasteiger partial charge in [0.2, 0.25) is 0 Å². The Morgan fingerprint density at radius 3 is 2.41 bits per heavy atom. The standard InChI is InChI=1S/C17H23NO4/c1-5-6-7-8-18(4)17(21)14-9-12(2)16(13(3)10-14)22-11-15(19)20/h5,9-10H,1,6-8,11H2,2-4H3,(H,19,20). The molecule has 0 heterocycles. The van der Waals surface area contributed by atoms with E-state index in [0.717, 1.165) is 24.0 Å². The number of carbonyl (C=O) groups is 2. The van der Waals surface area contributed by atoms with Crippen LogP contribution in [-0.2, 0) is 4.79 Å². The molecule has 0 bridgehead atoms. The number of allylic oxidation sites excluding steroid dienone is 1. The Morgan fingerprint density at radius 1 is 1.32 bits per heavy atom. The number of carboxylic acid groups (broad SMARTS) is 1. The van der Waals surface area contributed by atoms with Crippen molar-refractivity contribution in [2.45, 2.75) is 26.7 Å². The summed E-state index contributed by atoms with van der Waals surface area (Å²) in [6, 6.07) is 3.47. The Labute approximate surface area is 131 Å². The van der Waals surface area contributed by atoms with E-state index in [-0.39, 0.29) is 5.91 Å². The Morgan fingerprint density at radius 2 is 1.91 bits per heavy atom. The summed E-state index contributed by atoms with van der Waals surface area (Å²) in [5.41, 5.74) is 2.09. The Kier molecular flexibility index (Phi) is 6.63. The normalized spacial score (nSPS) is 10.1. The van der Waals surface area contributed by atoms with Crippen LogP contribution in [0.4, 0.5) is 0 Å². The number of hydrogen-bond acceptors (Lipinski definition) is 3. The van der Waals surface area contributed by atoms with Gasteiger partial charge in [0.15, 0.2) is 6.61 Å². The van der Waals surface area contributed by atoms with Crippen LogP contribution in [0.5, 0.6) is 5.75 Å². The van der Waals surface area contributed by atoms with E-state index in [0.29, 0.717) is 17.9 Å². The van der Waals surface area contributed by atoms with Crippen molar-refractivity contribution in [2.75, 3.05) is 20.2 Å². The average Bonchev–Trinajstić information content (AvgIpc) is 2.45. The van der Waals surface area contributed by atoms with Crippen LogP contribution in [-0.4, -0.2) is 42.1 Å². The molecule has 0 saturated carbocycles. The van der Waals surface area contributed by atoms with Gasteiger partial charge >= 0.3 is 5.97 Å². The van der Waals surface area contributed by atoms with E-state index in [2.05, 4.69) is 6.58 Å². The Hall–Kier alpha value is -2.30. The lowest BCUT2D eigenvalue weighted by Crippen LogP contribution is -2.27. The van der Waals surface area contributed by atoms with E-state index in [4.69, 9.17) is 9.84 Å². The van der Waals surface area contributed by atoms with Crippen molar-refractivity contribution < 1.29 is 19.4 Å². The topological polar surface area (TPSA) is 66.8 Å². The largest absolute Gasteiger partial charge is 0.481 e. The average molecular weight is 305 g/mol. The van der Waals surface area contributed by atoms with Crippen molar-refractivity contribution in [3.8, 4) is 5.75 Å². The molecule has 1 N–H and O–H groups in total. The maximum atomic E-state index is 12.4. The zero-order valence-corrected chi connectivity index (χ0v) is 13.4. The molecule has 0 spiro atoms. The van der Waals surface area contributed by atoms with Gasteiger partial charge in [-0.15, -0.1) is 6.58 Å². The minimum absolute atomic E-state index is 0.0555. The second-order valence-corrected chi connectivity index (χ2v) is 5.28. The third-order valence-corrected chi connectivity index (χ3v) is 3.30.